The van der Waals surface area contributed by atoms with Crippen LogP contribution in [0.5, 0.6) is 5.75 Å². The minimum atomic E-state index is -4.42. The molecule has 0 bridgehead atoms. The second-order valence-corrected chi connectivity index (χ2v) is 6.77. The number of aryl methyl sites for hydroxylation is 1. The Hall–Kier alpha value is -3.74. The molecule has 4 aromatic rings. The summed E-state index contributed by atoms with van der Waals surface area (Å²) < 4.78 is 38.7. The Morgan fingerprint density at radius 3 is 1.83 bits per heavy atom. The first-order valence-corrected chi connectivity index (χ1v) is 9.10. The summed E-state index contributed by atoms with van der Waals surface area (Å²) in [4.78, 5) is 13.4. The fraction of sp³-hybridized carbons (Fsp3) is 0.0870. The molecule has 1 N–H and O–H groups in total. The molecule has 0 saturated heterocycles. The number of halogens is 3. The fourth-order valence-electron chi connectivity index (χ4n) is 2.98. The first-order chi connectivity index (χ1) is 14.3. The van der Waals surface area contributed by atoms with Gasteiger partial charge in [-0.2, -0.15) is 13.2 Å². The van der Waals surface area contributed by atoms with Crippen molar-refractivity contribution < 1.29 is 18.3 Å². The molecule has 0 aliphatic carbocycles. The molecule has 0 unspecified atom stereocenters. The lowest BCUT2D eigenvalue weighted by Crippen LogP contribution is -2.05. The molecular formula is C23H16F3N3O. The minimum absolute atomic E-state index is 0.0126. The van der Waals surface area contributed by atoms with Crippen molar-refractivity contribution in [2.45, 2.75) is 13.1 Å². The molecule has 0 aliphatic heterocycles. The van der Waals surface area contributed by atoms with Gasteiger partial charge in [-0.15, -0.1) is 0 Å². The van der Waals surface area contributed by atoms with E-state index in [1.807, 2.05) is 43.3 Å². The van der Waals surface area contributed by atoms with E-state index in [-0.39, 0.29) is 17.4 Å². The summed E-state index contributed by atoms with van der Waals surface area (Å²) in [5.41, 5.74) is 1.67. The van der Waals surface area contributed by atoms with Crippen molar-refractivity contribution in [3.05, 3.63) is 83.9 Å². The van der Waals surface area contributed by atoms with E-state index in [1.165, 1.54) is 12.1 Å². The van der Waals surface area contributed by atoms with Crippen LogP contribution in [0.4, 0.5) is 13.2 Å². The van der Waals surface area contributed by atoms with Crippen LogP contribution in [0.25, 0.3) is 34.2 Å². The molecule has 0 spiro atoms. The molecule has 0 amide bonds. The summed E-state index contributed by atoms with van der Waals surface area (Å²) >= 11 is 0. The van der Waals surface area contributed by atoms with Gasteiger partial charge in [-0.3, -0.25) is 0 Å². The number of nitrogens with zero attached hydrogens (tertiary/aromatic N) is 3. The first kappa shape index (κ1) is 19.6. The topological polar surface area (TPSA) is 58.9 Å². The van der Waals surface area contributed by atoms with Crippen molar-refractivity contribution in [2.75, 3.05) is 0 Å². The molecule has 7 heteroatoms. The number of alkyl halides is 3. The molecule has 0 saturated carbocycles. The zero-order valence-electron chi connectivity index (χ0n) is 15.9. The lowest BCUT2D eigenvalue weighted by atomic mass is 10.1. The van der Waals surface area contributed by atoms with Crippen molar-refractivity contribution >= 4 is 0 Å². The van der Waals surface area contributed by atoms with Crippen molar-refractivity contribution in [3.63, 3.8) is 0 Å². The van der Waals surface area contributed by atoms with Crippen LogP contribution in [0.15, 0.2) is 72.8 Å². The number of rotatable bonds is 3. The molecule has 30 heavy (non-hydrogen) atoms. The van der Waals surface area contributed by atoms with Gasteiger partial charge in [0.2, 0.25) is 0 Å². The zero-order chi connectivity index (χ0) is 21.3. The number of hydrogen-bond acceptors (Lipinski definition) is 4. The van der Waals surface area contributed by atoms with Crippen LogP contribution >= 0.6 is 0 Å². The summed E-state index contributed by atoms with van der Waals surface area (Å²) in [5.74, 6) is 0.817. The maximum atomic E-state index is 12.9. The van der Waals surface area contributed by atoms with E-state index in [0.29, 0.717) is 17.0 Å². The molecular weight excluding hydrogens is 391 g/mol. The third-order valence-electron chi connectivity index (χ3n) is 4.53. The van der Waals surface area contributed by atoms with Crippen LogP contribution < -0.4 is 0 Å². The second-order valence-electron chi connectivity index (χ2n) is 6.77. The van der Waals surface area contributed by atoms with Gasteiger partial charge in [-0.25, -0.2) is 15.0 Å². The molecule has 0 radical (unpaired) electrons. The van der Waals surface area contributed by atoms with Gasteiger partial charge in [0.25, 0.3) is 0 Å². The average Bonchev–Trinajstić information content (AvgIpc) is 2.73. The van der Waals surface area contributed by atoms with E-state index in [4.69, 9.17) is 0 Å². The van der Waals surface area contributed by atoms with E-state index >= 15 is 0 Å². The lowest BCUT2D eigenvalue weighted by molar-refractivity contribution is -0.137. The Labute approximate surface area is 170 Å². The van der Waals surface area contributed by atoms with Crippen LogP contribution in [-0.2, 0) is 6.18 Å². The normalized spacial score (nSPS) is 11.5. The number of phenolic OH excluding ortho intramolecular Hbond substituents is 1. The van der Waals surface area contributed by atoms with Crippen molar-refractivity contribution in [1.29, 1.82) is 0 Å². The van der Waals surface area contributed by atoms with Gasteiger partial charge < -0.3 is 5.11 Å². The number of aromatic hydroxyl groups is 1. The summed E-state index contributed by atoms with van der Waals surface area (Å²) in [5, 5.41) is 10.4. The molecule has 0 aliphatic rings. The molecule has 3 aromatic carbocycles. The van der Waals surface area contributed by atoms with Gasteiger partial charge in [0.15, 0.2) is 17.5 Å². The highest BCUT2D eigenvalue weighted by Gasteiger charge is 2.30. The number of benzene rings is 3. The maximum absolute atomic E-state index is 12.9. The summed E-state index contributed by atoms with van der Waals surface area (Å²) in [6.07, 6.45) is -4.42. The summed E-state index contributed by atoms with van der Waals surface area (Å²) in [7, 11) is 0. The highest BCUT2D eigenvalue weighted by atomic mass is 19.4. The van der Waals surface area contributed by atoms with Gasteiger partial charge in [-0.05, 0) is 36.8 Å². The Kier molecular flexibility index (Phi) is 4.95. The number of hydrogen-bond donors (Lipinski definition) is 1. The van der Waals surface area contributed by atoms with Crippen LogP contribution in [0.2, 0.25) is 0 Å². The minimum Gasteiger partial charge on any atom is -0.507 e. The van der Waals surface area contributed by atoms with Gasteiger partial charge in [0, 0.05) is 11.1 Å². The Morgan fingerprint density at radius 1 is 0.700 bits per heavy atom. The second kappa shape index (κ2) is 7.59. The van der Waals surface area contributed by atoms with Gasteiger partial charge >= 0.3 is 6.18 Å². The predicted molar refractivity (Wildman–Crippen MR) is 108 cm³/mol. The fourth-order valence-corrected chi connectivity index (χ4v) is 2.98. The maximum Gasteiger partial charge on any atom is 0.416 e. The van der Waals surface area contributed by atoms with E-state index in [2.05, 4.69) is 15.0 Å². The van der Waals surface area contributed by atoms with E-state index in [1.54, 1.807) is 12.1 Å². The van der Waals surface area contributed by atoms with Crippen LogP contribution in [0.3, 0.4) is 0 Å². The van der Waals surface area contributed by atoms with Crippen molar-refractivity contribution in [3.8, 4) is 39.9 Å². The Balaban J connectivity index is 1.88. The standard InChI is InChI=1S/C23H16F3N3O/c1-14-7-12-18(19(30)13-14)22-28-20(15-5-3-2-4-6-15)27-21(29-22)16-8-10-17(11-9-16)23(24,25)26/h2-13,30H,1H3. The van der Waals surface area contributed by atoms with E-state index < -0.39 is 11.7 Å². The molecule has 4 rings (SSSR count). The Morgan fingerprint density at radius 2 is 1.27 bits per heavy atom. The zero-order valence-corrected chi connectivity index (χ0v) is 15.9. The molecule has 4 nitrogen and oxygen atoms in total. The molecule has 1 aromatic heterocycles. The van der Waals surface area contributed by atoms with E-state index in [9.17, 15) is 18.3 Å². The molecule has 150 valence electrons. The van der Waals surface area contributed by atoms with Gasteiger partial charge in [0.1, 0.15) is 5.75 Å². The number of phenols is 1. The number of aromatic nitrogens is 3. The van der Waals surface area contributed by atoms with Crippen LogP contribution in [-0.4, -0.2) is 20.1 Å². The average molecular weight is 407 g/mol. The lowest BCUT2D eigenvalue weighted by Gasteiger charge is -2.11. The Bertz CT molecular complexity index is 1190. The van der Waals surface area contributed by atoms with Crippen molar-refractivity contribution in [1.82, 2.24) is 15.0 Å². The third-order valence-corrected chi connectivity index (χ3v) is 4.53. The SMILES string of the molecule is Cc1ccc(-c2nc(-c3ccccc3)nc(-c3ccc(C(F)(F)F)cc3)n2)c(O)c1. The highest BCUT2D eigenvalue weighted by Crippen LogP contribution is 2.32. The van der Waals surface area contributed by atoms with Crippen LogP contribution in [0, 0.1) is 6.92 Å². The largest absolute Gasteiger partial charge is 0.507 e. The molecule has 1 heterocycles. The summed E-state index contributed by atoms with van der Waals surface area (Å²) in [6, 6.07) is 18.9. The van der Waals surface area contributed by atoms with Crippen molar-refractivity contribution in [2.24, 2.45) is 0 Å². The first-order valence-electron chi connectivity index (χ1n) is 9.10. The van der Waals surface area contributed by atoms with Crippen LogP contribution in [0.1, 0.15) is 11.1 Å². The monoisotopic (exact) mass is 407 g/mol. The van der Waals surface area contributed by atoms with E-state index in [0.717, 1.165) is 23.3 Å². The molecule has 0 atom stereocenters. The van der Waals surface area contributed by atoms with Gasteiger partial charge in [0.05, 0.1) is 11.1 Å². The quantitative estimate of drug-likeness (QED) is 0.459. The third kappa shape index (κ3) is 4.00. The predicted octanol–water partition coefficient (Wildman–Crippen LogP) is 5.91. The van der Waals surface area contributed by atoms with Gasteiger partial charge in [-0.1, -0.05) is 48.5 Å². The smallest absolute Gasteiger partial charge is 0.416 e. The summed E-state index contributed by atoms with van der Waals surface area (Å²) in [6.45, 7) is 1.85. The highest BCUT2D eigenvalue weighted by molar-refractivity contribution is 5.70. The molecule has 0 fully saturated rings.